The van der Waals surface area contributed by atoms with E-state index in [0.29, 0.717) is 6.07 Å². The van der Waals surface area contributed by atoms with Crippen molar-refractivity contribution >= 4 is 56.4 Å². The summed E-state index contributed by atoms with van der Waals surface area (Å²) in [6, 6.07) is 6.98. The molecule has 0 atom stereocenters. The zero-order chi connectivity index (χ0) is 21.7. The van der Waals surface area contributed by atoms with Crippen molar-refractivity contribution in [3.63, 3.8) is 0 Å². The molecule has 0 amide bonds. The second-order valence-corrected chi connectivity index (χ2v) is 8.78. The predicted molar refractivity (Wildman–Crippen MR) is 105 cm³/mol. The second-order valence-electron chi connectivity index (χ2n) is 5.68. The molecule has 0 radical (unpaired) electrons. The number of hydrogen-bond acceptors (Lipinski definition) is 3. The van der Waals surface area contributed by atoms with E-state index in [2.05, 4.69) is 5.10 Å². The van der Waals surface area contributed by atoms with Gasteiger partial charge in [-0.3, -0.25) is 0 Å². The van der Waals surface area contributed by atoms with Crippen molar-refractivity contribution in [1.82, 2.24) is 9.78 Å². The highest BCUT2D eigenvalue weighted by atomic mass is 35.5. The maximum Gasteiger partial charge on any atom is 0.435 e. The summed E-state index contributed by atoms with van der Waals surface area (Å²) in [6.07, 6.45) is -4.85. The van der Waals surface area contributed by atoms with E-state index in [1.807, 2.05) is 0 Å². The van der Waals surface area contributed by atoms with Gasteiger partial charge in [-0.1, -0.05) is 58.5 Å². The summed E-state index contributed by atoms with van der Waals surface area (Å²) in [5.74, 6) is 0. The Hall–Kier alpha value is -1.49. The number of para-hydroxylation sites is 1. The molecule has 3 rings (SSSR count). The van der Waals surface area contributed by atoms with Gasteiger partial charge in [-0.25, -0.2) is 18.2 Å². The Labute approximate surface area is 182 Å². The first kappa shape index (κ1) is 22.2. The number of aromatic nitrogens is 2. The van der Waals surface area contributed by atoms with Crippen molar-refractivity contribution in [2.45, 2.75) is 11.1 Å². The lowest BCUT2D eigenvalue weighted by atomic mass is 10.1. The largest absolute Gasteiger partial charge is 0.435 e. The number of halogens is 7. The van der Waals surface area contributed by atoms with E-state index in [-0.39, 0.29) is 37.0 Å². The SMILES string of the molecule is NS(=O)(=O)c1ccccc1-n1nc(C(F)(F)F)cc1-c1c(Cl)c(Cl)cc(Cl)c1Cl. The molecular weight excluding hydrogens is 497 g/mol. The fraction of sp³-hybridized carbons (Fsp3) is 0.0625. The topological polar surface area (TPSA) is 78.0 Å². The Morgan fingerprint density at radius 1 is 0.966 bits per heavy atom. The molecule has 29 heavy (non-hydrogen) atoms. The summed E-state index contributed by atoms with van der Waals surface area (Å²) in [6.45, 7) is 0. The van der Waals surface area contributed by atoms with Crippen LogP contribution in [0.3, 0.4) is 0 Å². The van der Waals surface area contributed by atoms with Gasteiger partial charge in [0.2, 0.25) is 10.0 Å². The van der Waals surface area contributed by atoms with Gasteiger partial charge < -0.3 is 0 Å². The van der Waals surface area contributed by atoms with E-state index >= 15 is 0 Å². The summed E-state index contributed by atoms with van der Waals surface area (Å²) in [5, 5.41) is 8.19. The summed E-state index contributed by atoms with van der Waals surface area (Å²) < 4.78 is 64.7. The standard InChI is InChI=1S/C16H8Cl4F3N3O2S/c17-7-5-8(18)15(20)13(14(7)19)10-6-12(16(21,22)23)25-26(10)9-3-1-2-4-11(9)29(24,27)28/h1-6H,(H2,24,27,28). The molecule has 0 saturated carbocycles. The molecule has 0 aliphatic carbocycles. The molecule has 0 aliphatic rings. The van der Waals surface area contributed by atoms with Crippen molar-refractivity contribution in [2.75, 3.05) is 0 Å². The average molecular weight is 505 g/mol. The van der Waals surface area contributed by atoms with Gasteiger partial charge in [-0.15, -0.1) is 0 Å². The maximum absolute atomic E-state index is 13.4. The molecule has 0 aliphatic heterocycles. The van der Waals surface area contributed by atoms with Crippen LogP contribution in [0, 0.1) is 0 Å². The van der Waals surface area contributed by atoms with Gasteiger partial charge in [0.1, 0.15) is 4.90 Å². The van der Waals surface area contributed by atoms with Gasteiger partial charge in [0.15, 0.2) is 5.69 Å². The van der Waals surface area contributed by atoms with Crippen LogP contribution in [0.5, 0.6) is 0 Å². The summed E-state index contributed by atoms with van der Waals surface area (Å²) in [5.41, 5.74) is -2.01. The molecule has 2 N–H and O–H groups in total. The zero-order valence-electron chi connectivity index (χ0n) is 13.8. The fourth-order valence-corrected chi connectivity index (χ4v) is 4.27. The third kappa shape index (κ3) is 4.21. The van der Waals surface area contributed by atoms with Crippen LogP contribution in [0.1, 0.15) is 5.69 Å². The van der Waals surface area contributed by atoms with E-state index in [1.165, 1.54) is 24.3 Å². The molecule has 5 nitrogen and oxygen atoms in total. The lowest BCUT2D eigenvalue weighted by Crippen LogP contribution is -2.16. The Morgan fingerprint density at radius 3 is 2.03 bits per heavy atom. The van der Waals surface area contributed by atoms with E-state index in [4.69, 9.17) is 51.5 Å². The van der Waals surface area contributed by atoms with Crippen LogP contribution < -0.4 is 5.14 Å². The van der Waals surface area contributed by atoms with Gasteiger partial charge in [0.25, 0.3) is 0 Å². The molecule has 154 valence electrons. The monoisotopic (exact) mass is 503 g/mol. The number of sulfonamides is 1. The van der Waals surface area contributed by atoms with Gasteiger partial charge in [0, 0.05) is 5.56 Å². The third-order valence-corrected chi connectivity index (χ3v) is 6.30. The van der Waals surface area contributed by atoms with E-state index in [1.54, 1.807) is 0 Å². The molecule has 2 aromatic carbocycles. The second kappa shape index (κ2) is 7.64. The number of rotatable bonds is 3. The highest BCUT2D eigenvalue weighted by Crippen LogP contribution is 2.45. The minimum Gasteiger partial charge on any atom is -0.231 e. The first-order valence-corrected chi connectivity index (χ1v) is 10.5. The average Bonchev–Trinajstić information content (AvgIpc) is 3.05. The zero-order valence-corrected chi connectivity index (χ0v) is 17.6. The Kier molecular flexibility index (Phi) is 5.85. The quantitative estimate of drug-likeness (QED) is 0.456. The Bertz CT molecular complexity index is 1200. The molecule has 0 bridgehead atoms. The van der Waals surface area contributed by atoms with Crippen LogP contribution in [0.15, 0.2) is 41.3 Å². The maximum atomic E-state index is 13.4. The molecule has 0 spiro atoms. The fourth-order valence-electron chi connectivity index (χ4n) is 2.55. The first-order valence-electron chi connectivity index (χ1n) is 7.45. The molecular formula is C16H8Cl4F3N3O2S. The van der Waals surface area contributed by atoms with Crippen LogP contribution in [0.4, 0.5) is 13.2 Å². The van der Waals surface area contributed by atoms with Crippen LogP contribution in [-0.2, 0) is 16.2 Å². The molecule has 0 unspecified atom stereocenters. The van der Waals surface area contributed by atoms with Gasteiger partial charge >= 0.3 is 6.18 Å². The van der Waals surface area contributed by atoms with Crippen LogP contribution in [0.25, 0.3) is 16.9 Å². The van der Waals surface area contributed by atoms with E-state index in [9.17, 15) is 21.6 Å². The Morgan fingerprint density at radius 2 is 1.52 bits per heavy atom. The molecule has 0 saturated heterocycles. The van der Waals surface area contributed by atoms with Gasteiger partial charge in [-0.05, 0) is 24.3 Å². The number of nitrogens with two attached hydrogens (primary N) is 1. The van der Waals surface area contributed by atoms with Crippen molar-refractivity contribution in [1.29, 1.82) is 0 Å². The number of hydrogen-bond donors (Lipinski definition) is 1. The van der Waals surface area contributed by atoms with Crippen molar-refractivity contribution in [2.24, 2.45) is 5.14 Å². The van der Waals surface area contributed by atoms with Crippen LogP contribution in [0.2, 0.25) is 20.1 Å². The molecule has 1 heterocycles. The minimum atomic E-state index is -4.85. The lowest BCUT2D eigenvalue weighted by molar-refractivity contribution is -0.141. The number of nitrogens with zero attached hydrogens (tertiary/aromatic N) is 2. The summed E-state index contributed by atoms with van der Waals surface area (Å²) >= 11 is 24.3. The number of benzene rings is 2. The molecule has 0 fully saturated rings. The molecule has 3 aromatic rings. The highest BCUT2D eigenvalue weighted by Gasteiger charge is 2.36. The van der Waals surface area contributed by atoms with Crippen molar-refractivity contribution in [3.05, 3.63) is 62.2 Å². The smallest absolute Gasteiger partial charge is 0.231 e. The number of primary sulfonamides is 1. The lowest BCUT2D eigenvalue weighted by Gasteiger charge is -2.14. The van der Waals surface area contributed by atoms with Crippen LogP contribution >= 0.6 is 46.4 Å². The predicted octanol–water partition coefficient (Wildman–Crippen LogP) is 5.82. The molecule has 1 aromatic heterocycles. The van der Waals surface area contributed by atoms with Gasteiger partial charge in [-0.2, -0.15) is 18.3 Å². The first-order chi connectivity index (χ1) is 13.3. The van der Waals surface area contributed by atoms with Gasteiger partial charge in [0.05, 0.1) is 31.5 Å². The van der Waals surface area contributed by atoms with Crippen molar-refractivity contribution < 1.29 is 21.6 Å². The van der Waals surface area contributed by atoms with E-state index in [0.717, 1.165) is 10.7 Å². The van der Waals surface area contributed by atoms with Crippen molar-refractivity contribution in [3.8, 4) is 16.9 Å². The third-order valence-electron chi connectivity index (χ3n) is 3.77. The summed E-state index contributed by atoms with van der Waals surface area (Å²) in [4.78, 5) is -0.460. The van der Waals surface area contributed by atoms with Crippen LogP contribution in [-0.4, -0.2) is 18.2 Å². The highest BCUT2D eigenvalue weighted by molar-refractivity contribution is 7.89. The number of alkyl halides is 3. The minimum absolute atomic E-state index is 0.0721. The molecule has 13 heteroatoms. The Balaban J connectivity index is 2.46. The van der Waals surface area contributed by atoms with E-state index < -0.39 is 26.8 Å². The summed E-state index contributed by atoms with van der Waals surface area (Å²) in [7, 11) is -4.30. The normalized spacial score (nSPS) is 12.4.